The maximum atomic E-state index is 5.94. The minimum atomic E-state index is 0.520. The highest BCUT2D eigenvalue weighted by Gasteiger charge is 2.20. The molecule has 0 N–H and O–H groups in total. The molecular weight excluding hydrogens is 370 g/mol. The Morgan fingerprint density at radius 2 is 1.75 bits per heavy atom. The molecule has 2 aromatic carbocycles. The molecule has 0 atom stereocenters. The molecule has 0 spiro atoms. The molecule has 0 saturated heterocycles. The average Bonchev–Trinajstić information content (AvgIpc) is 3.23. The van der Waals surface area contributed by atoms with Crippen molar-refractivity contribution in [3.05, 3.63) is 83.2 Å². The van der Waals surface area contributed by atoms with E-state index >= 15 is 0 Å². The number of benzene rings is 2. The average molecular weight is 385 g/mol. The molecule has 0 unspecified atom stereocenters. The van der Waals surface area contributed by atoms with Crippen LogP contribution in [0.4, 0.5) is 5.69 Å². The standard InChI is InChI=1S/C22H15N3O2S/c1-13-14-7-3-5-9-16(14)24-21(26-13)18-11-12-19(28-18)22-25-17-10-6-4-8-15(17)20(23-2)27-22/h3-12H,1H2,2H3/b23-20-. The third-order valence-electron chi connectivity index (χ3n) is 4.43. The highest BCUT2D eigenvalue weighted by Crippen LogP contribution is 2.35. The molecule has 136 valence electrons. The van der Waals surface area contributed by atoms with Crippen molar-refractivity contribution in [3.63, 3.8) is 0 Å². The van der Waals surface area contributed by atoms with Crippen LogP contribution < -0.4 is 5.55 Å². The van der Waals surface area contributed by atoms with Gasteiger partial charge in [0.15, 0.2) is 0 Å². The van der Waals surface area contributed by atoms with Crippen LogP contribution in [-0.2, 0) is 4.74 Å². The second-order valence-electron chi connectivity index (χ2n) is 6.19. The van der Waals surface area contributed by atoms with Crippen LogP contribution in [0.2, 0.25) is 0 Å². The summed E-state index contributed by atoms with van der Waals surface area (Å²) >= 11 is 1.50. The first-order valence-electron chi connectivity index (χ1n) is 8.71. The van der Waals surface area contributed by atoms with Crippen molar-refractivity contribution < 1.29 is 9.15 Å². The van der Waals surface area contributed by atoms with Crippen LogP contribution in [0.25, 0.3) is 27.4 Å². The first-order chi connectivity index (χ1) is 13.7. The fourth-order valence-corrected chi connectivity index (χ4v) is 3.94. The molecule has 2 aromatic heterocycles. The quantitative estimate of drug-likeness (QED) is 0.478. The van der Waals surface area contributed by atoms with E-state index in [1.807, 2.05) is 60.7 Å². The molecule has 0 fully saturated rings. The van der Waals surface area contributed by atoms with Crippen molar-refractivity contribution in [2.45, 2.75) is 0 Å². The first kappa shape index (κ1) is 16.6. The molecule has 0 radical (unpaired) electrons. The van der Waals surface area contributed by atoms with Gasteiger partial charge in [-0.15, -0.1) is 11.3 Å². The van der Waals surface area contributed by atoms with Gasteiger partial charge in [0.2, 0.25) is 17.3 Å². The van der Waals surface area contributed by atoms with Gasteiger partial charge >= 0.3 is 0 Å². The van der Waals surface area contributed by atoms with Crippen LogP contribution in [0.15, 0.2) is 81.6 Å². The van der Waals surface area contributed by atoms with Crippen molar-refractivity contribution in [2.75, 3.05) is 7.05 Å². The monoisotopic (exact) mass is 385 g/mol. The molecule has 5 nitrogen and oxygen atoms in total. The van der Waals surface area contributed by atoms with Crippen molar-refractivity contribution in [3.8, 4) is 10.8 Å². The SMILES string of the molecule is C=C1OC(c2ccc(-c3nc4ccccc4/c(=N/C)o3)s2)=Nc2ccccc21. The van der Waals surface area contributed by atoms with E-state index in [1.54, 1.807) is 7.05 Å². The predicted octanol–water partition coefficient (Wildman–Crippen LogP) is 5.17. The maximum Gasteiger partial charge on any atom is 0.239 e. The lowest BCUT2D eigenvalue weighted by Crippen LogP contribution is -2.08. The van der Waals surface area contributed by atoms with Gasteiger partial charge in [-0.25, -0.2) is 9.98 Å². The van der Waals surface area contributed by atoms with Crippen LogP contribution >= 0.6 is 11.3 Å². The number of para-hydroxylation sites is 2. The third kappa shape index (κ3) is 2.75. The third-order valence-corrected chi connectivity index (χ3v) is 5.49. The molecule has 4 aromatic rings. The van der Waals surface area contributed by atoms with Gasteiger partial charge in [-0.05, 0) is 36.4 Å². The minimum Gasteiger partial charge on any atom is -0.438 e. The van der Waals surface area contributed by atoms with E-state index in [4.69, 9.17) is 9.15 Å². The molecule has 0 aliphatic carbocycles. The zero-order valence-corrected chi connectivity index (χ0v) is 15.9. The molecule has 1 aliphatic heterocycles. The minimum absolute atomic E-state index is 0.520. The fourth-order valence-electron chi connectivity index (χ4n) is 3.09. The topological polar surface area (TPSA) is 60.0 Å². The van der Waals surface area contributed by atoms with Crippen molar-refractivity contribution in [1.29, 1.82) is 0 Å². The summed E-state index contributed by atoms with van der Waals surface area (Å²) in [6.45, 7) is 4.01. The molecule has 1 aliphatic rings. The lowest BCUT2D eigenvalue weighted by Gasteiger charge is -2.17. The number of hydrogen-bond acceptors (Lipinski definition) is 6. The highest BCUT2D eigenvalue weighted by molar-refractivity contribution is 7.17. The molecule has 0 saturated carbocycles. The molecule has 6 heteroatoms. The number of nitrogens with zero attached hydrogens (tertiary/aromatic N) is 3. The number of aliphatic imine (C=N–C) groups is 1. The fraction of sp³-hybridized carbons (Fsp3) is 0.0455. The zero-order valence-electron chi connectivity index (χ0n) is 15.0. The van der Waals surface area contributed by atoms with Crippen LogP contribution in [0.1, 0.15) is 10.4 Å². The van der Waals surface area contributed by atoms with E-state index in [9.17, 15) is 0 Å². The number of thiophene rings is 1. The Morgan fingerprint density at radius 3 is 2.64 bits per heavy atom. The van der Waals surface area contributed by atoms with E-state index in [1.165, 1.54) is 11.3 Å². The summed E-state index contributed by atoms with van der Waals surface area (Å²) in [6, 6.07) is 19.5. The molecule has 5 rings (SSSR count). The van der Waals surface area contributed by atoms with Gasteiger partial charge in [0.25, 0.3) is 0 Å². The second kappa shape index (κ2) is 6.58. The smallest absolute Gasteiger partial charge is 0.239 e. The Morgan fingerprint density at radius 1 is 0.964 bits per heavy atom. The number of aromatic nitrogens is 1. The Balaban J connectivity index is 1.59. The summed E-state index contributed by atoms with van der Waals surface area (Å²) in [5.74, 6) is 1.64. The van der Waals surface area contributed by atoms with E-state index in [2.05, 4.69) is 21.5 Å². The van der Waals surface area contributed by atoms with E-state index in [0.29, 0.717) is 23.1 Å². The van der Waals surface area contributed by atoms with Gasteiger partial charge < -0.3 is 9.15 Å². The van der Waals surface area contributed by atoms with Gasteiger partial charge in [0.05, 0.1) is 26.3 Å². The maximum absolute atomic E-state index is 5.94. The molecule has 28 heavy (non-hydrogen) atoms. The number of ether oxygens (including phenoxy) is 1. The Bertz CT molecular complexity index is 1330. The summed E-state index contributed by atoms with van der Waals surface area (Å²) in [5, 5.41) is 0.887. The zero-order chi connectivity index (χ0) is 19.1. The largest absolute Gasteiger partial charge is 0.438 e. The lowest BCUT2D eigenvalue weighted by atomic mass is 10.1. The highest BCUT2D eigenvalue weighted by atomic mass is 32.1. The second-order valence-corrected chi connectivity index (χ2v) is 7.27. The number of rotatable bonds is 2. The van der Waals surface area contributed by atoms with E-state index < -0.39 is 0 Å². The van der Waals surface area contributed by atoms with Crippen molar-refractivity contribution in [1.82, 2.24) is 4.98 Å². The van der Waals surface area contributed by atoms with Gasteiger partial charge in [-0.3, -0.25) is 4.99 Å². The summed E-state index contributed by atoms with van der Waals surface area (Å²) in [7, 11) is 1.71. The van der Waals surface area contributed by atoms with Crippen LogP contribution in [0, 0.1) is 0 Å². The summed E-state index contributed by atoms with van der Waals surface area (Å²) < 4.78 is 11.8. The number of fused-ring (bicyclic) bond motifs is 2. The van der Waals surface area contributed by atoms with Crippen molar-refractivity contribution in [2.24, 2.45) is 9.98 Å². The molecular formula is C22H15N3O2S. The normalized spacial score (nSPS) is 14.0. The molecule has 3 heterocycles. The summed E-state index contributed by atoms with van der Waals surface area (Å²) in [5.41, 5.74) is 3.16. The van der Waals surface area contributed by atoms with E-state index in [0.717, 1.165) is 31.9 Å². The van der Waals surface area contributed by atoms with Crippen molar-refractivity contribution >= 4 is 39.6 Å². The van der Waals surface area contributed by atoms with Crippen LogP contribution in [0.3, 0.4) is 0 Å². The Kier molecular flexibility index (Phi) is 3.91. The number of hydrogen-bond donors (Lipinski definition) is 0. The lowest BCUT2D eigenvalue weighted by molar-refractivity contribution is 0.503. The predicted molar refractivity (Wildman–Crippen MR) is 112 cm³/mol. The molecule has 0 bridgehead atoms. The van der Waals surface area contributed by atoms with Gasteiger partial charge in [0, 0.05) is 12.6 Å². The Labute approximate surface area is 165 Å². The Hall–Kier alpha value is -3.51. The van der Waals surface area contributed by atoms with Gasteiger partial charge in [-0.2, -0.15) is 0 Å². The summed E-state index contributed by atoms with van der Waals surface area (Å²) in [6.07, 6.45) is 0. The van der Waals surface area contributed by atoms with Crippen LogP contribution in [0.5, 0.6) is 0 Å². The molecule has 0 amide bonds. The first-order valence-corrected chi connectivity index (χ1v) is 9.53. The van der Waals surface area contributed by atoms with E-state index in [-0.39, 0.29) is 0 Å². The van der Waals surface area contributed by atoms with Gasteiger partial charge in [0.1, 0.15) is 5.76 Å². The summed E-state index contributed by atoms with van der Waals surface area (Å²) in [4.78, 5) is 15.3. The van der Waals surface area contributed by atoms with Crippen LogP contribution in [-0.4, -0.2) is 17.9 Å². The van der Waals surface area contributed by atoms with Gasteiger partial charge in [-0.1, -0.05) is 30.8 Å².